The molecule has 0 fully saturated rings. The monoisotopic (exact) mass is 288 g/mol. The fourth-order valence-corrected chi connectivity index (χ4v) is 2.35. The summed E-state index contributed by atoms with van der Waals surface area (Å²) in [4.78, 5) is 22.4. The maximum Gasteiger partial charge on any atom is 0.303 e. The minimum Gasteiger partial charge on any atom is -0.481 e. The Kier molecular flexibility index (Phi) is 5.63. The quantitative estimate of drug-likeness (QED) is 0.863. The first-order chi connectivity index (χ1) is 8.45. The third-order valence-electron chi connectivity index (χ3n) is 2.72. The van der Waals surface area contributed by atoms with E-state index in [-0.39, 0.29) is 24.5 Å². The van der Waals surface area contributed by atoms with Crippen molar-refractivity contribution in [3.63, 3.8) is 0 Å². The molecule has 1 unspecified atom stereocenters. The molecule has 0 heterocycles. The Balaban J connectivity index is 2.88. The summed E-state index contributed by atoms with van der Waals surface area (Å²) in [5.74, 6) is -1.45. The second-order valence-electron chi connectivity index (χ2n) is 3.99. The Bertz CT molecular complexity index is 458. The lowest BCUT2D eigenvalue weighted by Gasteiger charge is -2.15. The number of rotatable bonds is 6. The Morgan fingerprint density at radius 2 is 1.94 bits per heavy atom. The van der Waals surface area contributed by atoms with E-state index in [0.717, 1.165) is 0 Å². The van der Waals surface area contributed by atoms with E-state index in [0.29, 0.717) is 22.0 Å². The van der Waals surface area contributed by atoms with Crippen LogP contribution in [0.1, 0.15) is 37.7 Å². The lowest BCUT2D eigenvalue weighted by Crippen LogP contribution is -2.13. The molecule has 0 spiro atoms. The number of Topliss-reactive ketones (excluding diaryl/α,β-unsaturated/α-hetero) is 1. The van der Waals surface area contributed by atoms with E-state index in [9.17, 15) is 9.59 Å². The number of hydrogen-bond donors (Lipinski definition) is 1. The fraction of sp³-hybridized carbons (Fsp3) is 0.385. The molecule has 0 aliphatic carbocycles. The molecule has 0 saturated heterocycles. The van der Waals surface area contributed by atoms with E-state index in [1.165, 1.54) is 0 Å². The number of aliphatic carboxylic acids is 1. The summed E-state index contributed by atoms with van der Waals surface area (Å²) >= 11 is 11.9. The number of benzene rings is 1. The van der Waals surface area contributed by atoms with E-state index >= 15 is 0 Å². The Labute approximate surface area is 116 Å². The second kappa shape index (κ2) is 6.76. The van der Waals surface area contributed by atoms with E-state index in [2.05, 4.69) is 0 Å². The molecule has 1 atom stereocenters. The van der Waals surface area contributed by atoms with Gasteiger partial charge in [0.2, 0.25) is 0 Å². The minimum atomic E-state index is -0.972. The summed E-state index contributed by atoms with van der Waals surface area (Å²) in [6.45, 7) is 1.87. The van der Waals surface area contributed by atoms with Crippen LogP contribution in [0.15, 0.2) is 18.2 Å². The average Bonchev–Trinajstić information content (AvgIpc) is 2.30. The number of hydrogen-bond acceptors (Lipinski definition) is 2. The number of halogens is 2. The van der Waals surface area contributed by atoms with Crippen LogP contribution in [-0.2, 0) is 9.59 Å². The molecule has 1 aromatic carbocycles. The molecule has 98 valence electrons. The number of carboxylic acid groups (broad SMARTS) is 1. The van der Waals surface area contributed by atoms with Gasteiger partial charge in [-0.25, -0.2) is 0 Å². The summed E-state index contributed by atoms with van der Waals surface area (Å²) in [6.07, 6.45) is 0.452. The van der Waals surface area contributed by atoms with Crippen LogP contribution in [0.25, 0.3) is 0 Å². The molecule has 0 saturated carbocycles. The van der Waals surface area contributed by atoms with Gasteiger partial charge in [0.1, 0.15) is 5.78 Å². The van der Waals surface area contributed by atoms with Gasteiger partial charge in [-0.15, -0.1) is 0 Å². The van der Waals surface area contributed by atoms with Crippen molar-refractivity contribution >= 4 is 35.0 Å². The van der Waals surface area contributed by atoms with Gasteiger partial charge in [0.05, 0.1) is 6.42 Å². The molecule has 18 heavy (non-hydrogen) atoms. The molecule has 1 rings (SSSR count). The zero-order chi connectivity index (χ0) is 13.7. The lowest BCUT2D eigenvalue weighted by atomic mass is 9.90. The Morgan fingerprint density at radius 3 is 2.44 bits per heavy atom. The first kappa shape index (κ1) is 15.0. The Morgan fingerprint density at radius 1 is 1.28 bits per heavy atom. The first-order valence-corrected chi connectivity index (χ1v) is 6.40. The van der Waals surface area contributed by atoms with Crippen LogP contribution < -0.4 is 0 Å². The minimum absolute atomic E-state index is 0.0206. The van der Waals surface area contributed by atoms with Gasteiger partial charge in [-0.05, 0) is 24.1 Å². The van der Waals surface area contributed by atoms with Gasteiger partial charge in [-0.2, -0.15) is 0 Å². The first-order valence-electron chi connectivity index (χ1n) is 5.65. The molecular weight excluding hydrogens is 275 g/mol. The summed E-state index contributed by atoms with van der Waals surface area (Å²) < 4.78 is 0. The number of carbonyl (C=O) groups excluding carboxylic acids is 1. The molecule has 0 aliphatic heterocycles. The average molecular weight is 289 g/mol. The van der Waals surface area contributed by atoms with Gasteiger partial charge in [-0.1, -0.05) is 36.2 Å². The van der Waals surface area contributed by atoms with Gasteiger partial charge in [0.15, 0.2) is 0 Å². The zero-order valence-corrected chi connectivity index (χ0v) is 11.5. The van der Waals surface area contributed by atoms with E-state index in [1.54, 1.807) is 18.2 Å². The predicted molar refractivity (Wildman–Crippen MR) is 71.4 cm³/mol. The molecule has 5 heteroatoms. The maximum absolute atomic E-state index is 12.0. The largest absolute Gasteiger partial charge is 0.481 e. The van der Waals surface area contributed by atoms with E-state index in [1.807, 2.05) is 6.92 Å². The normalized spacial score (nSPS) is 12.2. The van der Waals surface area contributed by atoms with Crippen LogP contribution in [0.3, 0.4) is 0 Å². The molecule has 0 aliphatic rings. The topological polar surface area (TPSA) is 54.4 Å². The molecule has 0 bridgehead atoms. The highest BCUT2D eigenvalue weighted by atomic mass is 35.5. The maximum atomic E-state index is 12.0. The molecule has 1 aromatic rings. The zero-order valence-electron chi connectivity index (χ0n) is 9.95. The SMILES string of the molecule is CCC(C(=O)CCC(=O)O)c1ccc(Cl)cc1Cl. The van der Waals surface area contributed by atoms with Crippen molar-refractivity contribution in [3.8, 4) is 0 Å². The van der Waals surface area contributed by atoms with Crippen molar-refractivity contribution in [3.05, 3.63) is 33.8 Å². The van der Waals surface area contributed by atoms with Crippen LogP contribution in [-0.4, -0.2) is 16.9 Å². The highest BCUT2D eigenvalue weighted by Crippen LogP contribution is 2.31. The smallest absolute Gasteiger partial charge is 0.303 e. The Hall–Kier alpha value is -1.06. The summed E-state index contributed by atoms with van der Waals surface area (Å²) in [6, 6.07) is 4.99. The van der Waals surface area contributed by atoms with Crippen molar-refractivity contribution < 1.29 is 14.7 Å². The summed E-state index contributed by atoms with van der Waals surface area (Å²) in [5, 5.41) is 9.54. The van der Waals surface area contributed by atoms with Crippen molar-refractivity contribution in [2.24, 2.45) is 0 Å². The van der Waals surface area contributed by atoms with Gasteiger partial charge >= 0.3 is 5.97 Å². The second-order valence-corrected chi connectivity index (χ2v) is 4.83. The number of carboxylic acids is 1. The van der Waals surface area contributed by atoms with Crippen molar-refractivity contribution in [1.29, 1.82) is 0 Å². The molecule has 1 N–H and O–H groups in total. The van der Waals surface area contributed by atoms with Crippen molar-refractivity contribution in [1.82, 2.24) is 0 Å². The standard InChI is InChI=1S/C13H14Cl2O3/c1-2-9(12(16)5-6-13(17)18)10-4-3-8(14)7-11(10)15/h3-4,7,9H,2,5-6H2,1H3,(H,17,18). The van der Waals surface area contributed by atoms with Gasteiger partial charge < -0.3 is 5.11 Å². The van der Waals surface area contributed by atoms with E-state index in [4.69, 9.17) is 28.3 Å². The molecule has 0 amide bonds. The fourth-order valence-electron chi connectivity index (χ4n) is 1.81. The van der Waals surface area contributed by atoms with Crippen LogP contribution in [0.2, 0.25) is 10.0 Å². The molecular formula is C13H14Cl2O3. The van der Waals surface area contributed by atoms with Gasteiger partial charge in [-0.3, -0.25) is 9.59 Å². The highest BCUT2D eigenvalue weighted by Gasteiger charge is 2.21. The van der Waals surface area contributed by atoms with Gasteiger partial charge in [0, 0.05) is 22.4 Å². The van der Waals surface area contributed by atoms with Crippen LogP contribution in [0.4, 0.5) is 0 Å². The van der Waals surface area contributed by atoms with Crippen molar-refractivity contribution in [2.45, 2.75) is 32.1 Å². The summed E-state index contributed by atoms with van der Waals surface area (Å²) in [7, 11) is 0. The molecule has 3 nitrogen and oxygen atoms in total. The third-order valence-corrected chi connectivity index (χ3v) is 3.28. The van der Waals surface area contributed by atoms with E-state index < -0.39 is 5.97 Å². The summed E-state index contributed by atoms with van der Waals surface area (Å²) in [5.41, 5.74) is 0.707. The van der Waals surface area contributed by atoms with Crippen molar-refractivity contribution in [2.75, 3.05) is 0 Å². The number of carbonyl (C=O) groups is 2. The van der Waals surface area contributed by atoms with Crippen LogP contribution >= 0.6 is 23.2 Å². The molecule has 0 aromatic heterocycles. The molecule has 0 radical (unpaired) electrons. The number of ketones is 1. The predicted octanol–water partition coefficient (Wildman–Crippen LogP) is 3.92. The van der Waals surface area contributed by atoms with Gasteiger partial charge in [0.25, 0.3) is 0 Å². The lowest BCUT2D eigenvalue weighted by molar-refractivity contribution is -0.138. The highest BCUT2D eigenvalue weighted by molar-refractivity contribution is 6.35. The van der Waals surface area contributed by atoms with Crippen LogP contribution in [0, 0.1) is 0 Å². The van der Waals surface area contributed by atoms with Crippen LogP contribution in [0.5, 0.6) is 0 Å². The third kappa shape index (κ3) is 4.00.